The van der Waals surface area contributed by atoms with Gasteiger partial charge in [0.15, 0.2) is 9.84 Å². The van der Waals surface area contributed by atoms with Crippen molar-refractivity contribution in [3.8, 4) is 0 Å². The third-order valence-corrected chi connectivity index (χ3v) is 2.93. The molecule has 0 unspecified atom stereocenters. The summed E-state index contributed by atoms with van der Waals surface area (Å²) in [5, 5.41) is 7.05. The summed E-state index contributed by atoms with van der Waals surface area (Å²) in [7, 11) is -3.03. The Hall–Kier alpha value is -1.23. The lowest BCUT2D eigenvalue weighted by Crippen LogP contribution is -2.27. The molecule has 0 aromatic carbocycles. The first-order valence-corrected chi connectivity index (χ1v) is 5.21. The van der Waals surface area contributed by atoms with Crippen LogP contribution in [0.25, 0.3) is 0 Å². The van der Waals surface area contributed by atoms with E-state index in [1.807, 2.05) is 0 Å². The van der Waals surface area contributed by atoms with Gasteiger partial charge in [-0.25, -0.2) is 8.42 Å². The fourth-order valence-corrected chi connectivity index (χ4v) is 2.21. The van der Waals surface area contributed by atoms with Crippen molar-refractivity contribution < 1.29 is 8.42 Å². The molecule has 0 aliphatic carbocycles. The SMILES string of the molecule is O=S1(=O)C=CC2=C(C1)NC=CN2. The van der Waals surface area contributed by atoms with Gasteiger partial charge in [0.1, 0.15) is 0 Å². The first-order valence-electron chi connectivity index (χ1n) is 3.49. The number of rotatable bonds is 0. The molecule has 2 aliphatic rings. The van der Waals surface area contributed by atoms with Gasteiger partial charge in [-0.1, -0.05) is 0 Å². The van der Waals surface area contributed by atoms with Crippen LogP contribution in [0.4, 0.5) is 0 Å². The highest BCUT2D eigenvalue weighted by Gasteiger charge is 2.18. The van der Waals surface area contributed by atoms with E-state index in [1.54, 1.807) is 18.5 Å². The lowest BCUT2D eigenvalue weighted by molar-refractivity contribution is 0.604. The van der Waals surface area contributed by atoms with Crippen LogP contribution in [-0.2, 0) is 9.84 Å². The van der Waals surface area contributed by atoms with Gasteiger partial charge in [-0.15, -0.1) is 0 Å². The van der Waals surface area contributed by atoms with Gasteiger partial charge >= 0.3 is 0 Å². The lowest BCUT2D eigenvalue weighted by atomic mass is 10.3. The molecule has 2 N–H and O–H groups in total. The Labute approximate surface area is 70.6 Å². The van der Waals surface area contributed by atoms with E-state index in [0.717, 1.165) is 5.70 Å². The molecule has 2 heterocycles. The van der Waals surface area contributed by atoms with E-state index in [4.69, 9.17) is 0 Å². The van der Waals surface area contributed by atoms with E-state index in [1.165, 1.54) is 5.41 Å². The summed E-state index contributed by atoms with van der Waals surface area (Å²) in [6.45, 7) is 0. The summed E-state index contributed by atoms with van der Waals surface area (Å²) >= 11 is 0. The van der Waals surface area contributed by atoms with Gasteiger partial charge in [-0.05, 0) is 6.08 Å². The van der Waals surface area contributed by atoms with Crippen LogP contribution >= 0.6 is 0 Å². The van der Waals surface area contributed by atoms with Crippen LogP contribution in [0.15, 0.2) is 35.3 Å². The summed E-state index contributed by atoms with van der Waals surface area (Å²) < 4.78 is 22.2. The summed E-state index contributed by atoms with van der Waals surface area (Å²) in [6.07, 6.45) is 4.96. The molecule has 0 bridgehead atoms. The topological polar surface area (TPSA) is 58.2 Å². The minimum atomic E-state index is -3.03. The van der Waals surface area contributed by atoms with Crippen molar-refractivity contribution in [1.82, 2.24) is 10.6 Å². The Kier molecular flexibility index (Phi) is 1.47. The smallest absolute Gasteiger partial charge is 0.177 e. The molecule has 5 heteroatoms. The van der Waals surface area contributed by atoms with E-state index >= 15 is 0 Å². The van der Waals surface area contributed by atoms with Gasteiger partial charge in [0, 0.05) is 17.8 Å². The van der Waals surface area contributed by atoms with Gasteiger partial charge < -0.3 is 10.6 Å². The van der Waals surface area contributed by atoms with Gasteiger partial charge in [0.05, 0.1) is 17.1 Å². The molecule has 0 aromatic rings. The van der Waals surface area contributed by atoms with Gasteiger partial charge in [0.25, 0.3) is 0 Å². The summed E-state index contributed by atoms with van der Waals surface area (Å²) in [5.41, 5.74) is 1.53. The van der Waals surface area contributed by atoms with Crippen LogP contribution in [0.3, 0.4) is 0 Å². The zero-order valence-corrected chi connectivity index (χ0v) is 7.06. The Morgan fingerprint density at radius 2 is 2.00 bits per heavy atom. The lowest BCUT2D eigenvalue weighted by Gasteiger charge is -2.19. The number of hydrogen-bond donors (Lipinski definition) is 2. The molecule has 2 rings (SSSR count). The van der Waals surface area contributed by atoms with Crippen molar-refractivity contribution in [3.63, 3.8) is 0 Å². The Morgan fingerprint density at radius 1 is 1.25 bits per heavy atom. The van der Waals surface area contributed by atoms with E-state index in [-0.39, 0.29) is 5.75 Å². The van der Waals surface area contributed by atoms with Crippen molar-refractivity contribution in [2.75, 3.05) is 5.75 Å². The quantitative estimate of drug-likeness (QED) is 0.547. The zero-order chi connectivity index (χ0) is 8.60. The molecular weight excluding hydrogens is 176 g/mol. The average Bonchev–Trinajstić information content (AvgIpc) is 2.02. The number of hydrogen-bond acceptors (Lipinski definition) is 4. The van der Waals surface area contributed by atoms with Crippen LogP contribution in [0.2, 0.25) is 0 Å². The zero-order valence-electron chi connectivity index (χ0n) is 6.24. The van der Waals surface area contributed by atoms with Gasteiger partial charge in [-0.2, -0.15) is 0 Å². The molecule has 0 spiro atoms. The molecule has 2 aliphatic heterocycles. The van der Waals surface area contributed by atoms with E-state index < -0.39 is 9.84 Å². The van der Waals surface area contributed by atoms with Crippen LogP contribution in [0.5, 0.6) is 0 Å². The molecule has 0 amide bonds. The first kappa shape index (κ1) is 7.42. The first-order chi connectivity index (χ1) is 5.67. The molecule has 4 nitrogen and oxygen atoms in total. The fourth-order valence-electron chi connectivity index (χ4n) is 1.13. The molecule has 12 heavy (non-hydrogen) atoms. The van der Waals surface area contributed by atoms with E-state index in [9.17, 15) is 8.42 Å². The Bertz CT molecular complexity index is 390. The second-order valence-corrected chi connectivity index (χ2v) is 4.51. The normalized spacial score (nSPS) is 24.3. The highest BCUT2D eigenvalue weighted by molar-refractivity contribution is 7.94. The molecule has 0 radical (unpaired) electrons. The second-order valence-electron chi connectivity index (χ2n) is 2.62. The average molecular weight is 184 g/mol. The molecule has 0 fully saturated rings. The van der Waals surface area contributed by atoms with Gasteiger partial charge in [0.2, 0.25) is 0 Å². The molecular formula is C7H8N2O2S. The number of nitrogens with one attached hydrogen (secondary N) is 2. The molecule has 0 atom stereocenters. The van der Waals surface area contributed by atoms with Crippen LogP contribution in [-0.4, -0.2) is 14.2 Å². The van der Waals surface area contributed by atoms with E-state index in [2.05, 4.69) is 10.6 Å². The third-order valence-electron chi connectivity index (χ3n) is 1.69. The Balaban J connectivity index is 2.37. The molecule has 0 saturated heterocycles. The fraction of sp³-hybridized carbons (Fsp3) is 0.143. The number of allylic oxidation sites excluding steroid dienone is 1. The third kappa shape index (κ3) is 1.23. The molecule has 0 saturated carbocycles. The maximum atomic E-state index is 11.1. The maximum Gasteiger partial charge on any atom is 0.177 e. The monoisotopic (exact) mass is 184 g/mol. The second kappa shape index (κ2) is 2.38. The summed E-state index contributed by atoms with van der Waals surface area (Å²) in [5.74, 6) is 0.0518. The minimum Gasteiger partial charge on any atom is -0.361 e. The van der Waals surface area contributed by atoms with Crippen LogP contribution in [0, 0.1) is 0 Å². The summed E-state index contributed by atoms with van der Waals surface area (Å²) in [6, 6.07) is 0. The molecule has 0 aromatic heterocycles. The van der Waals surface area contributed by atoms with Crippen molar-refractivity contribution in [2.45, 2.75) is 0 Å². The van der Waals surface area contributed by atoms with Crippen LogP contribution in [0.1, 0.15) is 0 Å². The predicted octanol–water partition coefficient (Wildman–Crippen LogP) is -0.196. The largest absolute Gasteiger partial charge is 0.361 e. The maximum absolute atomic E-state index is 11.1. The van der Waals surface area contributed by atoms with Gasteiger partial charge in [-0.3, -0.25) is 0 Å². The standard InChI is InChI=1S/C7H8N2O2S/c10-12(11)4-1-6-7(5-12)9-3-2-8-6/h1-4,8-9H,5H2. The predicted molar refractivity (Wildman–Crippen MR) is 45.4 cm³/mol. The highest BCUT2D eigenvalue weighted by Crippen LogP contribution is 2.14. The van der Waals surface area contributed by atoms with E-state index in [0.29, 0.717) is 5.70 Å². The number of sulfone groups is 1. The van der Waals surface area contributed by atoms with Crippen molar-refractivity contribution >= 4 is 9.84 Å². The van der Waals surface area contributed by atoms with Crippen molar-refractivity contribution in [1.29, 1.82) is 0 Å². The van der Waals surface area contributed by atoms with Crippen LogP contribution < -0.4 is 10.6 Å². The van der Waals surface area contributed by atoms with Crippen molar-refractivity contribution in [2.24, 2.45) is 0 Å². The Morgan fingerprint density at radius 3 is 2.83 bits per heavy atom. The minimum absolute atomic E-state index is 0.0518. The molecule has 64 valence electrons. The highest BCUT2D eigenvalue weighted by atomic mass is 32.2. The summed E-state index contributed by atoms with van der Waals surface area (Å²) in [4.78, 5) is 0. The van der Waals surface area contributed by atoms with Crippen molar-refractivity contribution in [3.05, 3.63) is 35.3 Å².